The maximum absolute atomic E-state index is 13.0. The second-order valence-electron chi connectivity index (χ2n) is 6.16. The van der Waals surface area contributed by atoms with Gasteiger partial charge in [0, 0.05) is 17.8 Å². The first-order chi connectivity index (χ1) is 10.3. The number of benzene rings is 2. The maximum atomic E-state index is 13.0. The van der Waals surface area contributed by atoms with Crippen molar-refractivity contribution in [1.29, 1.82) is 0 Å². The number of hydrogen-bond donors (Lipinski definition) is 0. The smallest absolute Gasteiger partial charge is 0.190 e. The molecule has 2 nitrogen and oxygen atoms in total. The number of nitrogens with zero attached hydrogens (tertiary/aromatic N) is 1. The van der Waals surface area contributed by atoms with Crippen molar-refractivity contribution in [1.82, 2.24) is 0 Å². The van der Waals surface area contributed by atoms with Gasteiger partial charge in [0.1, 0.15) is 5.54 Å². The van der Waals surface area contributed by atoms with Gasteiger partial charge in [-0.2, -0.15) is 0 Å². The maximum Gasteiger partial charge on any atom is 0.190 e. The normalized spacial score (nSPS) is 19.2. The third-order valence-electron chi connectivity index (χ3n) is 4.99. The van der Waals surface area contributed by atoms with Crippen molar-refractivity contribution in [2.75, 3.05) is 4.90 Å². The van der Waals surface area contributed by atoms with Crippen LogP contribution in [0.4, 0.5) is 5.69 Å². The fraction of sp³-hybridized carbons (Fsp3) is 0.316. The van der Waals surface area contributed by atoms with E-state index in [0.717, 1.165) is 43.5 Å². The summed E-state index contributed by atoms with van der Waals surface area (Å²) < 4.78 is 0. The lowest BCUT2D eigenvalue weighted by Gasteiger charge is -2.36. The number of hydrogen-bond acceptors (Lipinski definition) is 2. The van der Waals surface area contributed by atoms with E-state index >= 15 is 0 Å². The van der Waals surface area contributed by atoms with Crippen LogP contribution in [0.1, 0.15) is 41.6 Å². The summed E-state index contributed by atoms with van der Waals surface area (Å²) in [5, 5.41) is 0. The average Bonchev–Trinajstić information content (AvgIpc) is 3.10. The number of carbonyl (C=O) groups excluding carboxylic acids is 1. The Labute approximate surface area is 125 Å². The first-order valence-corrected chi connectivity index (χ1v) is 7.77. The van der Waals surface area contributed by atoms with E-state index in [0.29, 0.717) is 5.78 Å². The van der Waals surface area contributed by atoms with Gasteiger partial charge < -0.3 is 4.90 Å². The molecule has 1 aliphatic heterocycles. The van der Waals surface area contributed by atoms with Crippen molar-refractivity contribution < 1.29 is 4.79 Å². The molecule has 1 heterocycles. The van der Waals surface area contributed by atoms with E-state index < -0.39 is 0 Å². The van der Waals surface area contributed by atoms with Crippen molar-refractivity contribution >= 4 is 11.5 Å². The van der Waals surface area contributed by atoms with Crippen LogP contribution in [-0.2, 0) is 6.54 Å². The summed E-state index contributed by atoms with van der Waals surface area (Å²) in [6, 6.07) is 18.6. The molecular formula is C19H19NO. The number of para-hydroxylation sites is 1. The Hall–Kier alpha value is -2.09. The van der Waals surface area contributed by atoms with Crippen LogP contribution in [0.2, 0.25) is 0 Å². The number of carbonyl (C=O) groups is 1. The van der Waals surface area contributed by atoms with Gasteiger partial charge in [-0.25, -0.2) is 0 Å². The number of anilines is 1. The monoisotopic (exact) mass is 277 g/mol. The Bertz CT molecular complexity index is 671. The molecule has 106 valence electrons. The van der Waals surface area contributed by atoms with Crippen LogP contribution in [0.25, 0.3) is 0 Å². The molecule has 4 rings (SSSR count). The molecule has 2 heteroatoms. The minimum Gasteiger partial charge on any atom is -0.353 e. The lowest BCUT2D eigenvalue weighted by atomic mass is 9.90. The molecule has 1 fully saturated rings. The molecule has 0 unspecified atom stereocenters. The van der Waals surface area contributed by atoms with Gasteiger partial charge in [0.25, 0.3) is 0 Å². The molecule has 21 heavy (non-hydrogen) atoms. The van der Waals surface area contributed by atoms with Gasteiger partial charge in [0.2, 0.25) is 0 Å². The molecule has 0 amide bonds. The van der Waals surface area contributed by atoms with Crippen molar-refractivity contribution in [3.8, 4) is 0 Å². The predicted molar refractivity (Wildman–Crippen MR) is 84.6 cm³/mol. The second kappa shape index (κ2) is 4.73. The van der Waals surface area contributed by atoms with Crippen LogP contribution in [0.5, 0.6) is 0 Å². The summed E-state index contributed by atoms with van der Waals surface area (Å²) in [5.41, 5.74) is 3.02. The lowest BCUT2D eigenvalue weighted by molar-refractivity contribution is 0.0902. The quantitative estimate of drug-likeness (QED) is 0.820. The number of rotatable bonds is 2. The van der Waals surface area contributed by atoms with Gasteiger partial charge in [0.05, 0.1) is 0 Å². The van der Waals surface area contributed by atoms with Gasteiger partial charge in [-0.15, -0.1) is 0 Å². The van der Waals surface area contributed by atoms with E-state index in [-0.39, 0.29) is 5.54 Å². The molecule has 2 aromatic rings. The van der Waals surface area contributed by atoms with Gasteiger partial charge in [0.15, 0.2) is 5.78 Å². The minimum absolute atomic E-state index is 0.278. The van der Waals surface area contributed by atoms with E-state index in [9.17, 15) is 4.79 Å². The fourth-order valence-corrected chi connectivity index (χ4v) is 3.96. The van der Waals surface area contributed by atoms with E-state index in [1.807, 2.05) is 24.3 Å². The highest BCUT2D eigenvalue weighted by atomic mass is 16.1. The first kappa shape index (κ1) is 12.6. The van der Waals surface area contributed by atoms with Crippen molar-refractivity contribution in [3.63, 3.8) is 0 Å². The molecule has 0 N–H and O–H groups in total. The highest BCUT2D eigenvalue weighted by Crippen LogP contribution is 2.48. The zero-order valence-electron chi connectivity index (χ0n) is 12.1. The van der Waals surface area contributed by atoms with Crippen LogP contribution in [0.15, 0.2) is 54.6 Å². The van der Waals surface area contributed by atoms with E-state index in [4.69, 9.17) is 0 Å². The third-order valence-corrected chi connectivity index (χ3v) is 4.99. The van der Waals surface area contributed by atoms with E-state index in [1.54, 1.807) is 0 Å². The van der Waals surface area contributed by atoms with Crippen LogP contribution < -0.4 is 4.90 Å². The topological polar surface area (TPSA) is 20.3 Å². The average molecular weight is 277 g/mol. The van der Waals surface area contributed by atoms with Gasteiger partial charge >= 0.3 is 0 Å². The molecule has 0 saturated heterocycles. The Kier molecular flexibility index (Phi) is 2.85. The number of fused-ring (bicyclic) bond motifs is 1. The molecule has 1 spiro atoms. The van der Waals surface area contributed by atoms with Crippen molar-refractivity contribution in [3.05, 3.63) is 65.7 Å². The molecule has 1 saturated carbocycles. The predicted octanol–water partition coefficient (Wildman–Crippen LogP) is 4.20. The molecule has 0 atom stereocenters. The van der Waals surface area contributed by atoms with Crippen LogP contribution >= 0.6 is 0 Å². The summed E-state index contributed by atoms with van der Waals surface area (Å²) in [5.74, 6) is 0.339. The SMILES string of the molecule is O=C1c2ccccc2N(Cc2ccccc2)C12CCCC2. The largest absolute Gasteiger partial charge is 0.353 e. The van der Waals surface area contributed by atoms with E-state index in [1.165, 1.54) is 5.56 Å². The first-order valence-electron chi connectivity index (χ1n) is 7.77. The van der Waals surface area contributed by atoms with Crippen molar-refractivity contribution in [2.24, 2.45) is 0 Å². The Morgan fingerprint density at radius 2 is 1.57 bits per heavy atom. The Morgan fingerprint density at radius 1 is 0.905 bits per heavy atom. The van der Waals surface area contributed by atoms with E-state index in [2.05, 4.69) is 35.2 Å². The van der Waals surface area contributed by atoms with Crippen molar-refractivity contribution in [2.45, 2.75) is 37.8 Å². The van der Waals surface area contributed by atoms with Gasteiger partial charge in [-0.1, -0.05) is 55.3 Å². The van der Waals surface area contributed by atoms with Crippen LogP contribution in [0, 0.1) is 0 Å². The zero-order chi connectivity index (χ0) is 14.3. The molecule has 0 bridgehead atoms. The summed E-state index contributed by atoms with van der Waals surface area (Å²) in [4.78, 5) is 15.3. The molecule has 1 aliphatic carbocycles. The molecular weight excluding hydrogens is 258 g/mol. The molecule has 0 radical (unpaired) electrons. The van der Waals surface area contributed by atoms with Crippen LogP contribution in [-0.4, -0.2) is 11.3 Å². The molecule has 2 aliphatic rings. The molecule has 2 aromatic carbocycles. The summed E-state index contributed by atoms with van der Waals surface area (Å²) in [6.45, 7) is 0.823. The van der Waals surface area contributed by atoms with Crippen LogP contribution in [0.3, 0.4) is 0 Å². The number of Topliss-reactive ketones (excluding diaryl/α,β-unsaturated/α-hetero) is 1. The summed E-state index contributed by atoms with van der Waals surface area (Å²) in [7, 11) is 0. The summed E-state index contributed by atoms with van der Waals surface area (Å²) in [6.07, 6.45) is 4.30. The highest BCUT2D eigenvalue weighted by Gasteiger charge is 2.52. The standard InChI is InChI=1S/C19H19NO/c21-18-16-10-4-5-11-17(16)20(19(18)12-6-7-13-19)14-15-8-2-1-3-9-15/h1-5,8-11H,6-7,12-14H2. The Morgan fingerprint density at radius 3 is 2.33 bits per heavy atom. The summed E-state index contributed by atoms with van der Waals surface area (Å²) >= 11 is 0. The zero-order valence-corrected chi connectivity index (χ0v) is 12.1. The minimum atomic E-state index is -0.278. The highest BCUT2D eigenvalue weighted by molar-refractivity contribution is 6.14. The Balaban J connectivity index is 1.80. The number of ketones is 1. The molecule has 0 aromatic heterocycles. The lowest BCUT2D eigenvalue weighted by Crippen LogP contribution is -2.47. The third kappa shape index (κ3) is 1.82. The van der Waals surface area contributed by atoms with Gasteiger partial charge in [-0.05, 0) is 30.5 Å². The fourth-order valence-electron chi connectivity index (χ4n) is 3.96. The second-order valence-corrected chi connectivity index (χ2v) is 6.16. The van der Waals surface area contributed by atoms with Gasteiger partial charge in [-0.3, -0.25) is 4.79 Å².